The molecule has 1 atom stereocenters. The monoisotopic (exact) mass is 269 g/mol. The number of benzene rings is 2. The van der Waals surface area contributed by atoms with Gasteiger partial charge in [0.05, 0.1) is 6.10 Å². The molecule has 0 aliphatic rings. The van der Waals surface area contributed by atoms with Crippen molar-refractivity contribution in [2.75, 3.05) is 11.9 Å². The average Bonchev–Trinajstić information content (AvgIpc) is 2.48. The molecule has 0 spiro atoms. The molecule has 0 saturated heterocycles. The summed E-state index contributed by atoms with van der Waals surface area (Å²) >= 11 is 0. The van der Waals surface area contributed by atoms with Gasteiger partial charge in [-0.1, -0.05) is 49.4 Å². The number of para-hydroxylation sites is 1. The van der Waals surface area contributed by atoms with Crippen LogP contribution in [0.5, 0.6) is 0 Å². The highest BCUT2D eigenvalue weighted by Gasteiger charge is 2.13. The predicted molar refractivity (Wildman–Crippen MR) is 85.0 cm³/mol. The van der Waals surface area contributed by atoms with Crippen LogP contribution in [0.1, 0.15) is 36.1 Å². The summed E-state index contributed by atoms with van der Waals surface area (Å²) in [5.41, 5.74) is 4.72. The Labute approximate surface area is 121 Å². The summed E-state index contributed by atoms with van der Waals surface area (Å²) in [6.07, 6.45) is 0.334. The first-order valence-electron chi connectivity index (χ1n) is 7.16. The second-order valence-electron chi connectivity index (χ2n) is 5.27. The molecule has 2 aromatic carbocycles. The third kappa shape index (κ3) is 3.20. The molecule has 0 amide bonds. The van der Waals surface area contributed by atoms with Crippen LogP contribution < -0.4 is 4.90 Å². The SMILES string of the molecule is CCC(O)c1ccccc1N(C)Cc1ccccc1C. The Hall–Kier alpha value is -1.80. The van der Waals surface area contributed by atoms with Gasteiger partial charge in [-0.2, -0.15) is 0 Å². The Morgan fingerprint density at radius 2 is 1.70 bits per heavy atom. The van der Waals surface area contributed by atoms with Gasteiger partial charge in [-0.15, -0.1) is 0 Å². The molecular formula is C18H23NO. The Morgan fingerprint density at radius 1 is 1.05 bits per heavy atom. The van der Waals surface area contributed by atoms with Gasteiger partial charge in [-0.3, -0.25) is 0 Å². The summed E-state index contributed by atoms with van der Waals surface area (Å²) in [5.74, 6) is 0. The Balaban J connectivity index is 2.26. The van der Waals surface area contributed by atoms with Crippen LogP contribution in [0.15, 0.2) is 48.5 Å². The van der Waals surface area contributed by atoms with Gasteiger partial charge in [0, 0.05) is 24.8 Å². The Kier molecular flexibility index (Phi) is 4.80. The summed E-state index contributed by atoms with van der Waals surface area (Å²) in [6, 6.07) is 16.5. The lowest BCUT2D eigenvalue weighted by Gasteiger charge is -2.25. The van der Waals surface area contributed by atoms with Crippen molar-refractivity contribution >= 4 is 5.69 Å². The molecule has 0 radical (unpaired) electrons. The fourth-order valence-corrected chi connectivity index (χ4v) is 2.47. The summed E-state index contributed by atoms with van der Waals surface area (Å²) < 4.78 is 0. The summed E-state index contributed by atoms with van der Waals surface area (Å²) in [5, 5.41) is 10.2. The van der Waals surface area contributed by atoms with Crippen molar-refractivity contribution in [3.63, 3.8) is 0 Å². The number of hydrogen-bond donors (Lipinski definition) is 1. The maximum Gasteiger partial charge on any atom is 0.0807 e. The van der Waals surface area contributed by atoms with Gasteiger partial charge in [-0.05, 0) is 30.5 Å². The highest BCUT2D eigenvalue weighted by molar-refractivity contribution is 5.54. The van der Waals surface area contributed by atoms with Crippen molar-refractivity contribution in [3.8, 4) is 0 Å². The van der Waals surface area contributed by atoms with E-state index in [-0.39, 0.29) is 0 Å². The molecule has 2 heteroatoms. The van der Waals surface area contributed by atoms with E-state index < -0.39 is 6.10 Å². The topological polar surface area (TPSA) is 23.5 Å². The van der Waals surface area contributed by atoms with Gasteiger partial charge in [0.1, 0.15) is 0 Å². The van der Waals surface area contributed by atoms with Crippen LogP contribution in [0.2, 0.25) is 0 Å². The molecule has 1 unspecified atom stereocenters. The number of aryl methyl sites for hydroxylation is 1. The maximum absolute atomic E-state index is 10.2. The molecule has 0 aliphatic carbocycles. The number of nitrogens with zero attached hydrogens (tertiary/aromatic N) is 1. The quantitative estimate of drug-likeness (QED) is 0.884. The minimum Gasteiger partial charge on any atom is -0.388 e. The predicted octanol–water partition coefficient (Wildman–Crippen LogP) is 4.07. The van der Waals surface area contributed by atoms with Crippen LogP contribution in [0, 0.1) is 6.92 Å². The molecule has 2 nitrogen and oxygen atoms in total. The number of rotatable bonds is 5. The zero-order chi connectivity index (χ0) is 14.5. The molecule has 106 valence electrons. The van der Waals surface area contributed by atoms with Gasteiger partial charge in [0.15, 0.2) is 0 Å². The summed E-state index contributed by atoms with van der Waals surface area (Å²) in [7, 11) is 2.08. The van der Waals surface area contributed by atoms with Gasteiger partial charge in [0.2, 0.25) is 0 Å². The van der Waals surface area contributed by atoms with Crippen LogP contribution in [0.25, 0.3) is 0 Å². The van der Waals surface area contributed by atoms with E-state index >= 15 is 0 Å². The molecule has 0 heterocycles. The lowest BCUT2D eigenvalue weighted by molar-refractivity contribution is 0.174. The van der Waals surface area contributed by atoms with E-state index in [1.54, 1.807) is 0 Å². The number of aliphatic hydroxyl groups is 1. The van der Waals surface area contributed by atoms with Crippen molar-refractivity contribution in [1.82, 2.24) is 0 Å². The molecular weight excluding hydrogens is 246 g/mol. The number of hydrogen-bond acceptors (Lipinski definition) is 2. The fraction of sp³-hybridized carbons (Fsp3) is 0.333. The van der Waals surface area contributed by atoms with E-state index in [9.17, 15) is 5.11 Å². The standard InChI is InChI=1S/C18H23NO/c1-4-18(20)16-11-7-8-12-17(16)19(3)13-15-10-6-5-9-14(15)2/h5-12,18,20H,4,13H2,1-3H3. The third-order valence-electron chi connectivity index (χ3n) is 3.76. The van der Waals surface area contributed by atoms with E-state index in [0.29, 0.717) is 0 Å². The number of anilines is 1. The average molecular weight is 269 g/mol. The van der Waals surface area contributed by atoms with E-state index in [0.717, 1.165) is 24.2 Å². The molecule has 2 aromatic rings. The normalized spacial score (nSPS) is 12.2. The molecule has 0 bridgehead atoms. The van der Waals surface area contributed by atoms with Crippen molar-refractivity contribution in [2.24, 2.45) is 0 Å². The zero-order valence-electron chi connectivity index (χ0n) is 12.5. The Bertz CT molecular complexity index is 565. The molecule has 0 aliphatic heterocycles. The fourth-order valence-electron chi connectivity index (χ4n) is 2.47. The minimum absolute atomic E-state index is 0.398. The van der Waals surface area contributed by atoms with E-state index in [1.807, 2.05) is 25.1 Å². The van der Waals surface area contributed by atoms with Gasteiger partial charge < -0.3 is 10.0 Å². The largest absolute Gasteiger partial charge is 0.388 e. The van der Waals surface area contributed by atoms with E-state index in [1.165, 1.54) is 11.1 Å². The van der Waals surface area contributed by atoms with Crippen LogP contribution >= 0.6 is 0 Å². The van der Waals surface area contributed by atoms with Crippen molar-refractivity contribution < 1.29 is 5.11 Å². The second-order valence-corrected chi connectivity index (χ2v) is 5.27. The second kappa shape index (κ2) is 6.58. The lowest BCUT2D eigenvalue weighted by Crippen LogP contribution is -2.19. The zero-order valence-corrected chi connectivity index (χ0v) is 12.5. The highest BCUT2D eigenvalue weighted by atomic mass is 16.3. The first kappa shape index (κ1) is 14.6. The molecule has 20 heavy (non-hydrogen) atoms. The van der Waals surface area contributed by atoms with E-state index in [4.69, 9.17) is 0 Å². The number of aliphatic hydroxyl groups excluding tert-OH is 1. The Morgan fingerprint density at radius 3 is 2.40 bits per heavy atom. The minimum atomic E-state index is -0.398. The molecule has 2 rings (SSSR count). The molecule has 0 fully saturated rings. The van der Waals surface area contributed by atoms with Gasteiger partial charge >= 0.3 is 0 Å². The third-order valence-corrected chi connectivity index (χ3v) is 3.76. The first-order valence-corrected chi connectivity index (χ1v) is 7.16. The van der Waals surface area contributed by atoms with Crippen LogP contribution in [0.3, 0.4) is 0 Å². The van der Waals surface area contributed by atoms with Gasteiger partial charge in [0.25, 0.3) is 0 Å². The summed E-state index contributed by atoms with van der Waals surface area (Å²) in [4.78, 5) is 2.20. The smallest absolute Gasteiger partial charge is 0.0807 e. The van der Waals surface area contributed by atoms with Crippen LogP contribution in [-0.2, 0) is 6.54 Å². The van der Waals surface area contributed by atoms with Crippen molar-refractivity contribution in [1.29, 1.82) is 0 Å². The molecule has 1 N–H and O–H groups in total. The van der Waals surface area contributed by atoms with Crippen molar-refractivity contribution in [2.45, 2.75) is 32.9 Å². The molecule has 0 saturated carbocycles. The van der Waals surface area contributed by atoms with Crippen molar-refractivity contribution in [3.05, 3.63) is 65.2 Å². The highest BCUT2D eigenvalue weighted by Crippen LogP contribution is 2.28. The maximum atomic E-state index is 10.2. The van der Waals surface area contributed by atoms with Crippen LogP contribution in [-0.4, -0.2) is 12.2 Å². The first-order chi connectivity index (χ1) is 9.63. The van der Waals surface area contributed by atoms with E-state index in [2.05, 4.69) is 49.2 Å². The lowest BCUT2D eigenvalue weighted by atomic mass is 10.0. The summed E-state index contributed by atoms with van der Waals surface area (Å²) in [6.45, 7) is 4.98. The molecule has 0 aromatic heterocycles. The van der Waals surface area contributed by atoms with Gasteiger partial charge in [-0.25, -0.2) is 0 Å². The van der Waals surface area contributed by atoms with Crippen LogP contribution in [0.4, 0.5) is 5.69 Å².